The summed E-state index contributed by atoms with van der Waals surface area (Å²) in [5, 5.41) is 0. The van der Waals surface area contributed by atoms with Crippen LogP contribution in [0.2, 0.25) is 0 Å². The molecule has 146 valence electrons. The number of benzene rings is 1. The molecule has 28 heavy (non-hydrogen) atoms. The fourth-order valence-corrected chi connectivity index (χ4v) is 3.83. The van der Waals surface area contributed by atoms with E-state index in [9.17, 15) is 9.59 Å². The molecule has 7 heteroatoms. The molecule has 0 spiro atoms. The Bertz CT molecular complexity index is 828. The van der Waals surface area contributed by atoms with Crippen LogP contribution in [0.1, 0.15) is 23.2 Å². The van der Waals surface area contributed by atoms with Crippen molar-refractivity contribution in [3.8, 4) is 11.1 Å². The lowest BCUT2D eigenvalue weighted by molar-refractivity contribution is -0.131. The van der Waals surface area contributed by atoms with Crippen molar-refractivity contribution in [2.24, 2.45) is 0 Å². The first-order valence-corrected chi connectivity index (χ1v) is 9.85. The van der Waals surface area contributed by atoms with E-state index >= 15 is 0 Å². The van der Waals surface area contributed by atoms with Gasteiger partial charge in [0.05, 0.1) is 6.54 Å². The second-order valence-electron chi connectivity index (χ2n) is 7.36. The molecule has 3 heterocycles. The number of amides is 2. The van der Waals surface area contributed by atoms with Crippen LogP contribution in [0.4, 0.5) is 0 Å². The zero-order valence-electron chi connectivity index (χ0n) is 16.0. The van der Waals surface area contributed by atoms with Gasteiger partial charge in [-0.2, -0.15) is 0 Å². The molecule has 0 N–H and O–H groups in total. The average Bonchev–Trinajstić information content (AvgIpc) is 3.30. The molecule has 2 aromatic rings. The second-order valence-corrected chi connectivity index (χ2v) is 7.36. The van der Waals surface area contributed by atoms with Crippen molar-refractivity contribution in [1.29, 1.82) is 0 Å². The molecule has 0 saturated carbocycles. The third kappa shape index (κ3) is 4.20. The smallest absolute Gasteiger partial charge is 0.253 e. The molecule has 0 bridgehead atoms. The molecule has 0 atom stereocenters. The fourth-order valence-electron chi connectivity index (χ4n) is 3.83. The minimum absolute atomic E-state index is 0.0317. The summed E-state index contributed by atoms with van der Waals surface area (Å²) in [5.74, 6) is 0.249. The quantitative estimate of drug-likeness (QED) is 0.806. The number of hydrogen-bond donors (Lipinski definition) is 0. The highest BCUT2D eigenvalue weighted by molar-refractivity contribution is 5.95. The number of nitrogens with zero attached hydrogens (tertiary/aromatic N) is 5. The number of hydrogen-bond acceptors (Lipinski definition) is 5. The Labute approximate surface area is 165 Å². The van der Waals surface area contributed by atoms with Crippen LogP contribution in [0.25, 0.3) is 11.1 Å². The maximum atomic E-state index is 12.9. The summed E-state index contributed by atoms with van der Waals surface area (Å²) in [5.41, 5.74) is 2.49. The first-order chi connectivity index (χ1) is 13.7. The van der Waals surface area contributed by atoms with Crippen LogP contribution in [0.15, 0.2) is 43.0 Å². The van der Waals surface area contributed by atoms with Crippen molar-refractivity contribution in [2.75, 3.05) is 45.8 Å². The highest BCUT2D eigenvalue weighted by Crippen LogP contribution is 2.20. The van der Waals surface area contributed by atoms with Crippen LogP contribution in [0, 0.1) is 0 Å². The van der Waals surface area contributed by atoms with Gasteiger partial charge in [-0.1, -0.05) is 12.1 Å². The van der Waals surface area contributed by atoms with Crippen LogP contribution >= 0.6 is 0 Å². The highest BCUT2D eigenvalue weighted by atomic mass is 16.2. The Hall–Kier alpha value is -2.80. The molecule has 0 unspecified atom stereocenters. The molecule has 0 radical (unpaired) electrons. The van der Waals surface area contributed by atoms with Gasteiger partial charge in [0.2, 0.25) is 5.91 Å². The predicted molar refractivity (Wildman–Crippen MR) is 106 cm³/mol. The van der Waals surface area contributed by atoms with Crippen molar-refractivity contribution >= 4 is 11.8 Å². The lowest BCUT2D eigenvalue weighted by atomic mass is 10.0. The SMILES string of the molecule is O=C(CN1CCN(C(=O)c2cccc(-c3cncnc3)c2)CC1)N1CCCC1. The van der Waals surface area contributed by atoms with E-state index in [0.717, 1.165) is 50.1 Å². The topological polar surface area (TPSA) is 69.6 Å². The highest BCUT2D eigenvalue weighted by Gasteiger charge is 2.25. The molecule has 0 aliphatic carbocycles. The van der Waals surface area contributed by atoms with E-state index in [1.54, 1.807) is 12.4 Å². The number of carbonyl (C=O) groups excluding carboxylic acids is 2. The van der Waals surface area contributed by atoms with E-state index in [2.05, 4.69) is 14.9 Å². The summed E-state index contributed by atoms with van der Waals surface area (Å²) in [7, 11) is 0. The Morgan fingerprint density at radius 1 is 0.857 bits per heavy atom. The number of aromatic nitrogens is 2. The van der Waals surface area contributed by atoms with Crippen LogP contribution in [-0.2, 0) is 4.79 Å². The second kappa shape index (κ2) is 8.48. The van der Waals surface area contributed by atoms with E-state index in [4.69, 9.17) is 0 Å². The molecular formula is C21H25N5O2. The normalized spacial score (nSPS) is 17.7. The number of carbonyl (C=O) groups is 2. The first kappa shape index (κ1) is 18.6. The summed E-state index contributed by atoms with van der Waals surface area (Å²) < 4.78 is 0. The van der Waals surface area contributed by atoms with Crippen molar-refractivity contribution < 1.29 is 9.59 Å². The van der Waals surface area contributed by atoms with Crippen molar-refractivity contribution in [1.82, 2.24) is 24.7 Å². The summed E-state index contributed by atoms with van der Waals surface area (Å²) >= 11 is 0. The monoisotopic (exact) mass is 379 g/mol. The van der Waals surface area contributed by atoms with Crippen LogP contribution in [0.3, 0.4) is 0 Å². The predicted octanol–water partition coefficient (Wildman–Crippen LogP) is 1.52. The summed E-state index contributed by atoms with van der Waals surface area (Å²) in [6, 6.07) is 7.58. The standard InChI is InChI=1S/C21H25N5O2/c27-20(25-6-1-2-7-25)15-24-8-10-26(11-9-24)21(28)18-5-3-4-17(12-18)19-13-22-16-23-14-19/h3-5,12-14,16H,1-2,6-11,15H2. The molecule has 7 nitrogen and oxygen atoms in total. The Balaban J connectivity index is 1.34. The Morgan fingerprint density at radius 2 is 1.57 bits per heavy atom. The molecule has 1 aromatic heterocycles. The van der Waals surface area contributed by atoms with Gasteiger partial charge >= 0.3 is 0 Å². The zero-order chi connectivity index (χ0) is 19.3. The van der Waals surface area contributed by atoms with E-state index in [1.807, 2.05) is 34.1 Å². The minimum Gasteiger partial charge on any atom is -0.342 e. The maximum absolute atomic E-state index is 12.9. The van der Waals surface area contributed by atoms with E-state index in [0.29, 0.717) is 25.2 Å². The van der Waals surface area contributed by atoms with Crippen molar-refractivity contribution in [3.05, 3.63) is 48.5 Å². The van der Waals surface area contributed by atoms with Crippen LogP contribution in [-0.4, -0.2) is 82.3 Å². The van der Waals surface area contributed by atoms with Gasteiger partial charge in [0.25, 0.3) is 5.91 Å². The molecule has 2 amide bonds. The average molecular weight is 379 g/mol. The maximum Gasteiger partial charge on any atom is 0.253 e. The lowest BCUT2D eigenvalue weighted by Crippen LogP contribution is -2.51. The van der Waals surface area contributed by atoms with E-state index < -0.39 is 0 Å². The summed E-state index contributed by atoms with van der Waals surface area (Å²) in [4.78, 5) is 39.3. The number of likely N-dealkylation sites (tertiary alicyclic amines) is 1. The third-order valence-electron chi connectivity index (χ3n) is 5.48. The third-order valence-corrected chi connectivity index (χ3v) is 5.48. The Morgan fingerprint density at radius 3 is 2.29 bits per heavy atom. The van der Waals surface area contributed by atoms with Crippen molar-refractivity contribution in [2.45, 2.75) is 12.8 Å². The molecule has 4 rings (SSSR count). The van der Waals surface area contributed by atoms with Crippen LogP contribution < -0.4 is 0 Å². The van der Waals surface area contributed by atoms with Gasteiger partial charge < -0.3 is 9.80 Å². The molecule has 2 saturated heterocycles. The first-order valence-electron chi connectivity index (χ1n) is 9.85. The number of rotatable bonds is 4. The van der Waals surface area contributed by atoms with Gasteiger partial charge in [0, 0.05) is 62.8 Å². The van der Waals surface area contributed by atoms with Gasteiger partial charge in [-0.05, 0) is 30.5 Å². The van der Waals surface area contributed by atoms with Gasteiger partial charge in [0.1, 0.15) is 6.33 Å². The molecular weight excluding hydrogens is 354 g/mol. The van der Waals surface area contributed by atoms with E-state index in [-0.39, 0.29) is 11.8 Å². The molecule has 2 fully saturated rings. The fraction of sp³-hybridized carbons (Fsp3) is 0.429. The molecule has 1 aromatic carbocycles. The zero-order valence-corrected chi connectivity index (χ0v) is 16.0. The van der Waals surface area contributed by atoms with E-state index in [1.165, 1.54) is 6.33 Å². The summed E-state index contributed by atoms with van der Waals surface area (Å²) in [6.07, 6.45) is 7.20. The van der Waals surface area contributed by atoms with Gasteiger partial charge in [-0.25, -0.2) is 9.97 Å². The number of piperazine rings is 1. The largest absolute Gasteiger partial charge is 0.342 e. The lowest BCUT2D eigenvalue weighted by Gasteiger charge is -2.35. The molecule has 2 aliphatic rings. The molecule has 2 aliphatic heterocycles. The van der Waals surface area contributed by atoms with Crippen molar-refractivity contribution in [3.63, 3.8) is 0 Å². The summed E-state index contributed by atoms with van der Waals surface area (Å²) in [6.45, 7) is 5.00. The van der Waals surface area contributed by atoms with Crippen LogP contribution in [0.5, 0.6) is 0 Å². The minimum atomic E-state index is 0.0317. The van der Waals surface area contributed by atoms with Gasteiger partial charge in [0.15, 0.2) is 0 Å². The Kier molecular flexibility index (Phi) is 5.62. The van der Waals surface area contributed by atoms with Gasteiger partial charge in [-0.3, -0.25) is 14.5 Å². The van der Waals surface area contributed by atoms with Gasteiger partial charge in [-0.15, -0.1) is 0 Å².